The number of benzene rings is 2. The van der Waals surface area contributed by atoms with Gasteiger partial charge in [0.05, 0.1) is 12.1 Å². The van der Waals surface area contributed by atoms with Crippen LogP contribution < -0.4 is 4.74 Å². The quantitative estimate of drug-likeness (QED) is 0.666. The Balaban J connectivity index is 1.39. The molecule has 0 atom stereocenters. The number of aromatic nitrogens is 2. The molecule has 0 saturated heterocycles. The minimum Gasteiger partial charge on any atom is -0.489 e. The van der Waals surface area contributed by atoms with Gasteiger partial charge in [-0.25, -0.2) is 9.97 Å². The first kappa shape index (κ1) is 19.1. The summed E-state index contributed by atoms with van der Waals surface area (Å²) in [7, 11) is 0. The number of hydrogen-bond donors (Lipinski definition) is 1. The average Bonchev–Trinajstić information content (AvgIpc) is 2.77. The third kappa shape index (κ3) is 4.97. The van der Waals surface area contributed by atoms with Crippen molar-refractivity contribution in [2.45, 2.75) is 26.0 Å². The van der Waals surface area contributed by atoms with Gasteiger partial charge in [-0.3, -0.25) is 9.69 Å². The van der Waals surface area contributed by atoms with E-state index in [0.29, 0.717) is 25.5 Å². The summed E-state index contributed by atoms with van der Waals surface area (Å²) in [6, 6.07) is 17.9. The highest BCUT2D eigenvalue weighted by molar-refractivity contribution is 5.66. The van der Waals surface area contributed by atoms with Gasteiger partial charge in [-0.05, 0) is 29.8 Å². The highest BCUT2D eigenvalue weighted by Crippen LogP contribution is 2.23. The maximum Gasteiger partial charge on any atom is 0.304 e. The molecule has 1 aromatic heterocycles. The molecule has 4 rings (SSSR count). The largest absolute Gasteiger partial charge is 0.489 e. The normalized spacial score (nSPS) is 13.7. The van der Waals surface area contributed by atoms with E-state index in [9.17, 15) is 4.79 Å². The van der Waals surface area contributed by atoms with Crippen molar-refractivity contribution in [3.63, 3.8) is 0 Å². The van der Waals surface area contributed by atoms with Crippen molar-refractivity contribution in [1.82, 2.24) is 14.9 Å². The first-order valence-corrected chi connectivity index (χ1v) is 9.73. The molecule has 0 saturated carbocycles. The minimum atomic E-state index is -0.765. The Hall–Kier alpha value is -3.25. The number of hydrogen-bond acceptors (Lipinski definition) is 5. The predicted molar refractivity (Wildman–Crippen MR) is 109 cm³/mol. The highest BCUT2D eigenvalue weighted by atomic mass is 16.5. The van der Waals surface area contributed by atoms with Crippen molar-refractivity contribution in [3.8, 4) is 17.1 Å². The smallest absolute Gasteiger partial charge is 0.304 e. The molecule has 1 aliphatic rings. The second-order valence-corrected chi connectivity index (χ2v) is 7.13. The number of nitrogens with zero attached hydrogens (tertiary/aromatic N) is 3. The lowest BCUT2D eigenvalue weighted by molar-refractivity contribution is -0.137. The van der Waals surface area contributed by atoms with Crippen LogP contribution in [0.15, 0.2) is 60.8 Å². The van der Waals surface area contributed by atoms with E-state index in [-0.39, 0.29) is 6.42 Å². The molecule has 6 heteroatoms. The minimum absolute atomic E-state index is 0.160. The molecule has 1 aliphatic heterocycles. The van der Waals surface area contributed by atoms with Crippen LogP contribution in [0.3, 0.4) is 0 Å². The molecule has 0 spiro atoms. The van der Waals surface area contributed by atoms with Crippen LogP contribution in [0.25, 0.3) is 11.4 Å². The maximum absolute atomic E-state index is 10.8. The Labute approximate surface area is 169 Å². The van der Waals surface area contributed by atoms with Gasteiger partial charge in [-0.1, -0.05) is 30.3 Å². The summed E-state index contributed by atoms with van der Waals surface area (Å²) < 4.78 is 5.84. The molecule has 0 bridgehead atoms. The van der Waals surface area contributed by atoms with Crippen LogP contribution in [-0.2, 0) is 24.4 Å². The van der Waals surface area contributed by atoms with Crippen molar-refractivity contribution < 1.29 is 14.6 Å². The molecule has 6 nitrogen and oxygen atoms in total. The van der Waals surface area contributed by atoms with Crippen molar-refractivity contribution in [1.29, 1.82) is 0 Å². The standard InChI is InChI=1S/C23H23N3O3/c27-22(28)11-13-26-12-10-21-19(15-26)14-24-23(25-21)18-6-8-20(9-7-18)29-16-17-4-2-1-3-5-17/h1-9,14H,10-13,15-16H2,(H,27,28). The van der Waals surface area contributed by atoms with Crippen LogP contribution in [0.5, 0.6) is 5.75 Å². The molecule has 3 aromatic rings. The van der Waals surface area contributed by atoms with Gasteiger partial charge in [0, 0.05) is 43.4 Å². The van der Waals surface area contributed by atoms with E-state index in [1.54, 1.807) is 0 Å². The lowest BCUT2D eigenvalue weighted by Crippen LogP contribution is -2.33. The summed E-state index contributed by atoms with van der Waals surface area (Å²) in [5.41, 5.74) is 4.21. The molecule has 2 aromatic carbocycles. The molecule has 0 fully saturated rings. The molecule has 0 amide bonds. The second-order valence-electron chi connectivity index (χ2n) is 7.13. The summed E-state index contributed by atoms with van der Waals surface area (Å²) in [4.78, 5) is 22.2. The first-order valence-electron chi connectivity index (χ1n) is 9.73. The van der Waals surface area contributed by atoms with Gasteiger partial charge >= 0.3 is 5.97 Å². The Kier molecular flexibility index (Phi) is 5.81. The molecule has 2 heterocycles. The Morgan fingerprint density at radius 3 is 2.66 bits per heavy atom. The highest BCUT2D eigenvalue weighted by Gasteiger charge is 2.19. The fourth-order valence-corrected chi connectivity index (χ4v) is 3.40. The summed E-state index contributed by atoms with van der Waals surface area (Å²) in [5.74, 6) is 0.751. The zero-order chi connectivity index (χ0) is 20.1. The molecule has 1 N–H and O–H groups in total. The number of carboxylic acid groups (broad SMARTS) is 1. The number of fused-ring (bicyclic) bond motifs is 1. The first-order chi connectivity index (χ1) is 14.2. The van der Waals surface area contributed by atoms with Gasteiger partial charge in [0.2, 0.25) is 0 Å². The summed E-state index contributed by atoms with van der Waals surface area (Å²) in [6.45, 7) is 2.62. The molecular weight excluding hydrogens is 366 g/mol. The van der Waals surface area contributed by atoms with Gasteiger partial charge in [0.1, 0.15) is 12.4 Å². The third-order valence-corrected chi connectivity index (χ3v) is 5.02. The van der Waals surface area contributed by atoms with Gasteiger partial charge in [-0.2, -0.15) is 0 Å². The molecule has 0 unspecified atom stereocenters. The Morgan fingerprint density at radius 1 is 1.10 bits per heavy atom. The second kappa shape index (κ2) is 8.84. The molecule has 29 heavy (non-hydrogen) atoms. The monoisotopic (exact) mass is 389 g/mol. The number of aliphatic carboxylic acids is 1. The van der Waals surface area contributed by atoms with Crippen molar-refractivity contribution in [2.75, 3.05) is 13.1 Å². The number of rotatable bonds is 7. The SMILES string of the molecule is O=C(O)CCN1CCc2nc(-c3ccc(OCc4ccccc4)cc3)ncc2C1. The topological polar surface area (TPSA) is 75.5 Å². The van der Waals surface area contributed by atoms with E-state index in [0.717, 1.165) is 41.1 Å². The predicted octanol–water partition coefficient (Wildman–Crippen LogP) is 3.56. The van der Waals surface area contributed by atoms with Crippen molar-refractivity contribution in [3.05, 3.63) is 77.6 Å². The van der Waals surface area contributed by atoms with Crippen LogP contribution in [-0.4, -0.2) is 39.0 Å². The average molecular weight is 389 g/mol. The summed E-state index contributed by atoms with van der Waals surface area (Å²) in [6.07, 6.45) is 2.83. The van der Waals surface area contributed by atoms with Crippen molar-refractivity contribution in [2.24, 2.45) is 0 Å². The zero-order valence-electron chi connectivity index (χ0n) is 16.1. The molecular formula is C23H23N3O3. The summed E-state index contributed by atoms with van der Waals surface area (Å²) in [5, 5.41) is 8.85. The van der Waals surface area contributed by atoms with Crippen LogP contribution in [0.1, 0.15) is 23.2 Å². The number of carbonyl (C=O) groups is 1. The van der Waals surface area contributed by atoms with Gasteiger partial charge in [0.25, 0.3) is 0 Å². The Bertz CT molecular complexity index is 974. The van der Waals surface area contributed by atoms with Gasteiger partial charge < -0.3 is 9.84 Å². The molecule has 148 valence electrons. The van der Waals surface area contributed by atoms with Crippen LogP contribution >= 0.6 is 0 Å². The van der Waals surface area contributed by atoms with Crippen molar-refractivity contribution >= 4 is 5.97 Å². The maximum atomic E-state index is 10.8. The molecule has 0 radical (unpaired) electrons. The van der Waals surface area contributed by atoms with E-state index in [1.165, 1.54) is 0 Å². The lowest BCUT2D eigenvalue weighted by atomic mass is 10.1. The van der Waals surface area contributed by atoms with Crippen LogP contribution in [0.4, 0.5) is 0 Å². The fraction of sp³-hybridized carbons (Fsp3) is 0.261. The van der Waals surface area contributed by atoms with E-state index in [2.05, 4.69) is 9.88 Å². The summed E-state index contributed by atoms with van der Waals surface area (Å²) >= 11 is 0. The van der Waals surface area contributed by atoms with E-state index in [4.69, 9.17) is 14.8 Å². The number of carboxylic acids is 1. The fourth-order valence-electron chi connectivity index (χ4n) is 3.40. The van der Waals surface area contributed by atoms with Crippen LogP contribution in [0.2, 0.25) is 0 Å². The van der Waals surface area contributed by atoms with E-state index in [1.807, 2.05) is 60.8 Å². The third-order valence-electron chi connectivity index (χ3n) is 5.02. The van der Waals surface area contributed by atoms with Crippen LogP contribution in [0, 0.1) is 0 Å². The Morgan fingerprint density at radius 2 is 1.90 bits per heavy atom. The lowest BCUT2D eigenvalue weighted by Gasteiger charge is -2.27. The number of ether oxygens (including phenoxy) is 1. The zero-order valence-corrected chi connectivity index (χ0v) is 16.1. The van der Waals surface area contributed by atoms with E-state index >= 15 is 0 Å². The van der Waals surface area contributed by atoms with E-state index < -0.39 is 5.97 Å². The van der Waals surface area contributed by atoms with Gasteiger partial charge in [-0.15, -0.1) is 0 Å². The molecule has 0 aliphatic carbocycles. The van der Waals surface area contributed by atoms with Gasteiger partial charge in [0.15, 0.2) is 5.82 Å².